The Kier molecular flexibility index (Phi) is 4.24. The highest BCUT2D eigenvalue weighted by atomic mass is 16.5. The minimum Gasteiger partial charge on any atom is -0.349 e. The van der Waals surface area contributed by atoms with Gasteiger partial charge in [0.05, 0.1) is 6.04 Å². The Bertz CT molecular complexity index is 858. The fourth-order valence-electron chi connectivity index (χ4n) is 3.16. The molecule has 8 heteroatoms. The van der Waals surface area contributed by atoms with E-state index < -0.39 is 0 Å². The highest BCUT2D eigenvalue weighted by Gasteiger charge is 2.21. The van der Waals surface area contributed by atoms with Crippen molar-refractivity contribution >= 4 is 5.91 Å². The van der Waals surface area contributed by atoms with Crippen molar-refractivity contribution in [1.82, 2.24) is 30.6 Å². The second-order valence-corrected chi connectivity index (χ2v) is 6.06. The first-order chi connectivity index (χ1) is 12.3. The molecule has 0 bridgehead atoms. The summed E-state index contributed by atoms with van der Waals surface area (Å²) in [4.78, 5) is 20.5. The van der Waals surface area contributed by atoms with E-state index in [0.29, 0.717) is 30.4 Å². The van der Waals surface area contributed by atoms with Crippen molar-refractivity contribution in [2.75, 3.05) is 0 Å². The van der Waals surface area contributed by atoms with Crippen molar-refractivity contribution in [2.45, 2.75) is 38.1 Å². The minimum absolute atomic E-state index is 0.0129. The van der Waals surface area contributed by atoms with Gasteiger partial charge in [0.2, 0.25) is 17.6 Å². The van der Waals surface area contributed by atoms with Crippen LogP contribution in [-0.2, 0) is 17.6 Å². The summed E-state index contributed by atoms with van der Waals surface area (Å²) in [6.45, 7) is 0. The van der Waals surface area contributed by atoms with Crippen molar-refractivity contribution < 1.29 is 9.32 Å². The Hall–Kier alpha value is -3.03. The number of hydrogen-bond donors (Lipinski definition) is 2. The van der Waals surface area contributed by atoms with Crippen LogP contribution in [-0.4, -0.2) is 31.2 Å². The lowest BCUT2D eigenvalue weighted by molar-refractivity contribution is -0.122. The molecular weight excluding hydrogens is 320 g/mol. The molecule has 0 spiro atoms. The van der Waals surface area contributed by atoms with Crippen molar-refractivity contribution in [3.8, 4) is 11.6 Å². The molecule has 3 aromatic rings. The Morgan fingerprint density at radius 1 is 1.36 bits per heavy atom. The summed E-state index contributed by atoms with van der Waals surface area (Å²) < 4.78 is 5.16. The van der Waals surface area contributed by atoms with Gasteiger partial charge in [-0.15, -0.1) is 0 Å². The molecular formula is C17H18N6O2. The Morgan fingerprint density at radius 2 is 2.28 bits per heavy atom. The number of carbonyl (C=O) groups is 1. The zero-order valence-corrected chi connectivity index (χ0v) is 13.6. The standard InChI is InChI=1S/C17H18N6O2/c24-14(20-13-7-3-5-11-4-1-2-6-12(11)13)8-9-15-21-17(23-25-15)16-18-10-19-22-16/h1-2,4,6,10,13H,3,5,7-9H2,(H,20,24)(H,18,19,22)/t13-/m0/s1. The van der Waals surface area contributed by atoms with Crippen LogP contribution in [0, 0.1) is 0 Å². The Morgan fingerprint density at radius 3 is 3.16 bits per heavy atom. The highest BCUT2D eigenvalue weighted by molar-refractivity contribution is 5.76. The molecule has 1 aromatic carbocycles. The molecule has 0 unspecified atom stereocenters. The van der Waals surface area contributed by atoms with Gasteiger partial charge in [-0.2, -0.15) is 10.1 Å². The van der Waals surface area contributed by atoms with E-state index in [0.717, 1.165) is 19.3 Å². The van der Waals surface area contributed by atoms with Gasteiger partial charge in [0.1, 0.15) is 6.33 Å². The number of benzene rings is 1. The summed E-state index contributed by atoms with van der Waals surface area (Å²) in [7, 11) is 0. The molecule has 128 valence electrons. The third kappa shape index (κ3) is 3.42. The molecule has 1 atom stereocenters. The maximum absolute atomic E-state index is 12.3. The van der Waals surface area contributed by atoms with E-state index >= 15 is 0 Å². The zero-order chi connectivity index (χ0) is 17.1. The number of aromatic nitrogens is 5. The number of H-pyrrole nitrogens is 1. The van der Waals surface area contributed by atoms with Gasteiger partial charge < -0.3 is 9.84 Å². The predicted octanol–water partition coefficient (Wildman–Crippen LogP) is 1.98. The molecule has 2 N–H and O–H groups in total. The van der Waals surface area contributed by atoms with E-state index in [4.69, 9.17) is 4.52 Å². The van der Waals surface area contributed by atoms with Gasteiger partial charge in [0.25, 0.3) is 0 Å². The molecule has 4 rings (SSSR count). The van der Waals surface area contributed by atoms with Crippen LogP contribution in [0.1, 0.15) is 42.3 Å². The summed E-state index contributed by atoms with van der Waals surface area (Å²) in [6, 6.07) is 8.39. The monoisotopic (exact) mass is 338 g/mol. The fourth-order valence-corrected chi connectivity index (χ4v) is 3.16. The molecule has 0 aliphatic heterocycles. The van der Waals surface area contributed by atoms with E-state index in [1.54, 1.807) is 0 Å². The van der Waals surface area contributed by atoms with Crippen molar-refractivity contribution in [3.05, 3.63) is 47.6 Å². The molecule has 0 fully saturated rings. The van der Waals surface area contributed by atoms with Crippen LogP contribution in [0.15, 0.2) is 35.1 Å². The van der Waals surface area contributed by atoms with Crippen LogP contribution >= 0.6 is 0 Å². The van der Waals surface area contributed by atoms with E-state index in [1.807, 2.05) is 12.1 Å². The smallest absolute Gasteiger partial charge is 0.239 e. The minimum atomic E-state index is -0.0129. The maximum Gasteiger partial charge on any atom is 0.239 e. The van der Waals surface area contributed by atoms with Gasteiger partial charge >= 0.3 is 0 Å². The van der Waals surface area contributed by atoms with E-state index in [2.05, 4.69) is 42.8 Å². The molecule has 0 saturated heterocycles. The second-order valence-electron chi connectivity index (χ2n) is 6.06. The van der Waals surface area contributed by atoms with Crippen molar-refractivity contribution in [1.29, 1.82) is 0 Å². The SMILES string of the molecule is O=C(CCc1nc(-c2ncn[nH]2)no1)N[C@H]1CCCc2ccccc21. The van der Waals surface area contributed by atoms with Crippen molar-refractivity contribution in [2.24, 2.45) is 0 Å². The van der Waals surface area contributed by atoms with E-state index in [-0.39, 0.29) is 11.9 Å². The lowest BCUT2D eigenvalue weighted by Gasteiger charge is -2.26. The van der Waals surface area contributed by atoms with E-state index in [9.17, 15) is 4.79 Å². The van der Waals surface area contributed by atoms with Gasteiger partial charge in [-0.3, -0.25) is 9.89 Å². The molecule has 1 aliphatic rings. The number of aromatic amines is 1. The summed E-state index contributed by atoms with van der Waals surface area (Å²) in [5.41, 5.74) is 2.56. The predicted molar refractivity (Wildman–Crippen MR) is 88.3 cm³/mol. The normalized spacial score (nSPS) is 16.4. The van der Waals surface area contributed by atoms with Crippen molar-refractivity contribution in [3.63, 3.8) is 0 Å². The third-order valence-corrected chi connectivity index (χ3v) is 4.37. The van der Waals surface area contributed by atoms with Gasteiger partial charge in [0, 0.05) is 12.8 Å². The van der Waals surface area contributed by atoms with Crippen LogP contribution in [0.4, 0.5) is 0 Å². The van der Waals surface area contributed by atoms with Gasteiger partial charge in [-0.1, -0.05) is 29.4 Å². The Balaban J connectivity index is 1.34. The van der Waals surface area contributed by atoms with Gasteiger partial charge in [0.15, 0.2) is 5.82 Å². The molecule has 2 aromatic heterocycles. The van der Waals surface area contributed by atoms with Crippen LogP contribution in [0.5, 0.6) is 0 Å². The molecule has 2 heterocycles. The number of rotatable bonds is 5. The van der Waals surface area contributed by atoms with E-state index in [1.165, 1.54) is 17.5 Å². The number of amides is 1. The third-order valence-electron chi connectivity index (χ3n) is 4.37. The first-order valence-corrected chi connectivity index (χ1v) is 8.35. The van der Waals surface area contributed by atoms with Crippen LogP contribution in [0.25, 0.3) is 11.6 Å². The average molecular weight is 338 g/mol. The Labute approximate surface area is 144 Å². The first kappa shape index (κ1) is 15.5. The molecule has 8 nitrogen and oxygen atoms in total. The molecule has 0 radical (unpaired) electrons. The number of aryl methyl sites for hydroxylation is 2. The molecule has 1 aliphatic carbocycles. The van der Waals surface area contributed by atoms with Crippen LogP contribution in [0.3, 0.4) is 0 Å². The maximum atomic E-state index is 12.3. The van der Waals surface area contributed by atoms with Crippen LogP contribution < -0.4 is 5.32 Å². The van der Waals surface area contributed by atoms with Crippen LogP contribution in [0.2, 0.25) is 0 Å². The lowest BCUT2D eigenvalue weighted by atomic mass is 9.87. The zero-order valence-electron chi connectivity index (χ0n) is 13.6. The number of nitrogens with one attached hydrogen (secondary N) is 2. The average Bonchev–Trinajstić information content (AvgIpc) is 3.32. The fraction of sp³-hybridized carbons (Fsp3) is 0.353. The summed E-state index contributed by atoms with van der Waals surface area (Å²) in [6.07, 6.45) is 5.21. The number of hydrogen-bond acceptors (Lipinski definition) is 6. The topological polar surface area (TPSA) is 110 Å². The summed E-state index contributed by atoms with van der Waals surface area (Å²) in [5, 5.41) is 13.4. The first-order valence-electron chi connectivity index (χ1n) is 8.35. The van der Waals surface area contributed by atoms with Gasteiger partial charge in [-0.05, 0) is 30.4 Å². The quantitative estimate of drug-likeness (QED) is 0.736. The second kappa shape index (κ2) is 6.84. The summed E-state index contributed by atoms with van der Waals surface area (Å²) in [5.74, 6) is 1.18. The number of fused-ring (bicyclic) bond motifs is 1. The molecule has 0 saturated carbocycles. The van der Waals surface area contributed by atoms with Gasteiger partial charge in [-0.25, -0.2) is 4.98 Å². The largest absolute Gasteiger partial charge is 0.349 e. The highest BCUT2D eigenvalue weighted by Crippen LogP contribution is 2.29. The molecule has 25 heavy (non-hydrogen) atoms. The molecule has 1 amide bonds. The number of nitrogens with zero attached hydrogens (tertiary/aromatic N) is 4. The summed E-state index contributed by atoms with van der Waals surface area (Å²) >= 11 is 0. The lowest BCUT2D eigenvalue weighted by Crippen LogP contribution is -2.31. The number of carbonyl (C=O) groups excluding carboxylic acids is 1.